The molecule has 0 aliphatic carbocycles. The van der Waals surface area contributed by atoms with Gasteiger partial charge in [0.05, 0.1) is 11.9 Å². The molecular formula is C24H35N3. The van der Waals surface area contributed by atoms with E-state index in [9.17, 15) is 0 Å². The van der Waals surface area contributed by atoms with E-state index in [1.165, 1.54) is 6.20 Å². The second kappa shape index (κ2) is 9.96. The van der Waals surface area contributed by atoms with E-state index in [0.717, 1.165) is 40.1 Å². The first kappa shape index (κ1) is 22.5. The molecule has 0 saturated carbocycles. The number of anilines is 1. The van der Waals surface area contributed by atoms with Crippen molar-refractivity contribution in [2.75, 3.05) is 5.32 Å². The Bertz CT molecular complexity index is 758. The van der Waals surface area contributed by atoms with Crippen molar-refractivity contribution in [3.8, 4) is 0 Å². The van der Waals surface area contributed by atoms with Crippen molar-refractivity contribution in [3.63, 3.8) is 0 Å². The summed E-state index contributed by atoms with van der Waals surface area (Å²) in [7, 11) is 0. The zero-order valence-corrected chi connectivity index (χ0v) is 17.8. The Kier molecular flexibility index (Phi) is 8.30. The van der Waals surface area contributed by atoms with Crippen LogP contribution < -0.4 is 11.1 Å². The van der Waals surface area contributed by atoms with Crippen LogP contribution in [0.5, 0.6) is 0 Å². The smallest absolute Gasteiger partial charge is 0.0574 e. The van der Waals surface area contributed by atoms with Crippen LogP contribution in [-0.2, 0) is 0 Å². The lowest BCUT2D eigenvalue weighted by Gasteiger charge is -2.28. The Morgan fingerprint density at radius 1 is 1.30 bits per heavy atom. The Morgan fingerprint density at radius 2 is 1.96 bits per heavy atom. The zero-order valence-electron chi connectivity index (χ0n) is 17.8. The van der Waals surface area contributed by atoms with E-state index in [4.69, 9.17) is 5.73 Å². The summed E-state index contributed by atoms with van der Waals surface area (Å²) in [6.07, 6.45) is 12.1. The molecule has 0 bridgehead atoms. The molecule has 1 heterocycles. The molecule has 0 spiro atoms. The van der Waals surface area contributed by atoms with Crippen LogP contribution in [0.2, 0.25) is 0 Å². The molecule has 27 heavy (non-hydrogen) atoms. The van der Waals surface area contributed by atoms with E-state index in [0.29, 0.717) is 5.92 Å². The summed E-state index contributed by atoms with van der Waals surface area (Å²) in [4.78, 5) is 4.39. The fourth-order valence-corrected chi connectivity index (χ4v) is 2.52. The second-order valence-corrected chi connectivity index (χ2v) is 8.15. The predicted octanol–water partition coefficient (Wildman–Crippen LogP) is 6.46. The molecule has 0 amide bonds. The van der Waals surface area contributed by atoms with Crippen LogP contribution in [0.1, 0.15) is 53.5 Å². The number of nitrogens with zero attached hydrogens (tertiary/aromatic N) is 1. The molecule has 0 aromatic carbocycles. The minimum atomic E-state index is 0.253. The van der Waals surface area contributed by atoms with Gasteiger partial charge in [0.25, 0.3) is 0 Å². The molecule has 1 rings (SSSR count). The van der Waals surface area contributed by atoms with Crippen molar-refractivity contribution in [2.45, 2.75) is 48.0 Å². The van der Waals surface area contributed by atoms with Crippen molar-refractivity contribution >= 4 is 11.3 Å². The molecule has 1 aromatic heterocycles. The molecule has 0 aliphatic heterocycles. The summed E-state index contributed by atoms with van der Waals surface area (Å²) in [5, 5.41) is 3.41. The largest absolute Gasteiger partial charge is 0.405 e. The van der Waals surface area contributed by atoms with Crippen molar-refractivity contribution in [2.24, 2.45) is 17.1 Å². The van der Waals surface area contributed by atoms with Gasteiger partial charge in [0, 0.05) is 17.5 Å². The molecule has 3 heteroatoms. The maximum atomic E-state index is 5.56. The number of hydrogen-bond donors (Lipinski definition) is 2. The Balaban J connectivity index is 3.02. The molecule has 0 saturated heterocycles. The van der Waals surface area contributed by atoms with Gasteiger partial charge >= 0.3 is 0 Å². The average Bonchev–Trinajstić information content (AvgIpc) is 2.57. The van der Waals surface area contributed by atoms with E-state index in [2.05, 4.69) is 69.4 Å². The highest BCUT2D eigenvalue weighted by Crippen LogP contribution is 2.30. The fraction of sp³-hybridized carbons (Fsp3) is 0.375. The first-order valence-corrected chi connectivity index (χ1v) is 9.40. The van der Waals surface area contributed by atoms with Gasteiger partial charge < -0.3 is 11.1 Å². The second-order valence-electron chi connectivity index (χ2n) is 8.15. The van der Waals surface area contributed by atoms with Crippen molar-refractivity contribution < 1.29 is 0 Å². The number of rotatable bonds is 8. The summed E-state index contributed by atoms with van der Waals surface area (Å²) >= 11 is 0. The summed E-state index contributed by atoms with van der Waals surface area (Å²) in [5.74, 6) is 0.531. The molecule has 1 aromatic rings. The van der Waals surface area contributed by atoms with E-state index < -0.39 is 0 Å². The van der Waals surface area contributed by atoms with Gasteiger partial charge in [-0.15, -0.1) is 0 Å². The lowest BCUT2D eigenvalue weighted by molar-refractivity contribution is 0.260. The van der Waals surface area contributed by atoms with Crippen LogP contribution in [0.25, 0.3) is 5.57 Å². The van der Waals surface area contributed by atoms with Gasteiger partial charge in [0.15, 0.2) is 0 Å². The first-order valence-electron chi connectivity index (χ1n) is 9.40. The number of nitrogens with two attached hydrogens (primary N) is 1. The maximum absolute atomic E-state index is 5.56. The van der Waals surface area contributed by atoms with Crippen molar-refractivity contribution in [1.82, 2.24) is 4.98 Å². The number of allylic oxidation sites excluding steroid dienone is 7. The highest BCUT2D eigenvalue weighted by molar-refractivity contribution is 5.77. The third-order valence-corrected chi connectivity index (χ3v) is 4.81. The summed E-state index contributed by atoms with van der Waals surface area (Å²) in [6, 6.07) is 2.09. The van der Waals surface area contributed by atoms with Crippen LogP contribution in [-0.4, -0.2) is 4.98 Å². The Labute approximate surface area is 165 Å². The number of aromatic nitrogens is 1. The number of hydrogen-bond acceptors (Lipinski definition) is 3. The molecule has 1 atom stereocenters. The van der Waals surface area contributed by atoms with Gasteiger partial charge in [0.1, 0.15) is 0 Å². The number of nitrogens with one attached hydrogen (secondary N) is 1. The lowest BCUT2D eigenvalue weighted by atomic mass is 9.79. The standard InChI is InChI=1S/C24H35N3/c1-9-20(13-21(10-11-25)17(2)3)22-14-23(16-26-15-22)27-19(5)12-18(4)24(6,7)8/h9-11,13-16,18,27H,2,5,12,25H2,1,3-4,6-8H3/b11-10-,20-9+,21-13-. The van der Waals surface area contributed by atoms with Crippen LogP contribution in [0.4, 0.5) is 5.69 Å². The first-order chi connectivity index (χ1) is 12.6. The van der Waals surface area contributed by atoms with Gasteiger partial charge in [-0.05, 0) is 67.2 Å². The lowest BCUT2D eigenvalue weighted by Crippen LogP contribution is -2.19. The van der Waals surface area contributed by atoms with Crippen LogP contribution in [0.3, 0.4) is 0 Å². The molecule has 0 fully saturated rings. The molecule has 146 valence electrons. The van der Waals surface area contributed by atoms with E-state index in [1.807, 2.05) is 32.3 Å². The van der Waals surface area contributed by atoms with E-state index in [-0.39, 0.29) is 5.41 Å². The minimum Gasteiger partial charge on any atom is -0.405 e. The average molecular weight is 366 g/mol. The van der Waals surface area contributed by atoms with Crippen LogP contribution in [0, 0.1) is 11.3 Å². The topological polar surface area (TPSA) is 50.9 Å². The normalized spacial score (nSPS) is 14.3. The summed E-state index contributed by atoms with van der Waals surface area (Å²) in [6.45, 7) is 21.2. The van der Waals surface area contributed by atoms with Gasteiger partial charge in [-0.2, -0.15) is 0 Å². The van der Waals surface area contributed by atoms with E-state index >= 15 is 0 Å². The molecular weight excluding hydrogens is 330 g/mol. The highest BCUT2D eigenvalue weighted by atomic mass is 14.9. The van der Waals surface area contributed by atoms with Gasteiger partial charge in [0.2, 0.25) is 0 Å². The maximum Gasteiger partial charge on any atom is 0.0574 e. The molecule has 1 unspecified atom stereocenters. The third kappa shape index (κ3) is 7.30. The minimum absolute atomic E-state index is 0.253. The SMILES string of the molecule is C=C(CC(C)C(C)(C)C)Nc1cncc(C(/C=C(/C=C\N)C(=C)C)=C/C)c1. The van der Waals surface area contributed by atoms with Gasteiger partial charge in [-0.25, -0.2) is 0 Å². The predicted molar refractivity (Wildman–Crippen MR) is 120 cm³/mol. The third-order valence-electron chi connectivity index (χ3n) is 4.81. The Hall–Kier alpha value is -2.55. The fourth-order valence-electron chi connectivity index (χ4n) is 2.52. The van der Waals surface area contributed by atoms with Crippen LogP contribution >= 0.6 is 0 Å². The zero-order chi connectivity index (χ0) is 20.6. The molecule has 0 aliphatic rings. The number of pyridine rings is 1. The Morgan fingerprint density at radius 3 is 2.48 bits per heavy atom. The molecule has 3 nitrogen and oxygen atoms in total. The van der Waals surface area contributed by atoms with E-state index in [1.54, 1.807) is 0 Å². The summed E-state index contributed by atoms with van der Waals surface area (Å²) < 4.78 is 0. The monoisotopic (exact) mass is 365 g/mol. The van der Waals surface area contributed by atoms with Crippen LogP contribution in [0.15, 0.2) is 72.9 Å². The van der Waals surface area contributed by atoms with Gasteiger partial charge in [-0.3, -0.25) is 4.98 Å². The van der Waals surface area contributed by atoms with Crippen molar-refractivity contribution in [3.05, 3.63) is 78.5 Å². The van der Waals surface area contributed by atoms with Gasteiger partial charge in [-0.1, -0.05) is 52.5 Å². The van der Waals surface area contributed by atoms with Crippen molar-refractivity contribution in [1.29, 1.82) is 0 Å². The summed E-state index contributed by atoms with van der Waals surface area (Å²) in [5.41, 5.74) is 11.8. The molecule has 3 N–H and O–H groups in total. The quantitative estimate of drug-likeness (QED) is 0.520. The highest BCUT2D eigenvalue weighted by Gasteiger charge is 2.20. The molecule has 0 radical (unpaired) electrons.